The maximum Gasteiger partial charge on any atom is 0.329 e. The van der Waals surface area contributed by atoms with Crippen LogP contribution in [-0.2, 0) is 11.2 Å². The van der Waals surface area contributed by atoms with E-state index in [2.05, 4.69) is 15.9 Å². The second-order valence-electron chi connectivity index (χ2n) is 5.62. The first-order chi connectivity index (χ1) is 11.5. The summed E-state index contributed by atoms with van der Waals surface area (Å²) in [7, 11) is 0. The molecule has 0 saturated carbocycles. The Labute approximate surface area is 148 Å². The molecule has 0 spiro atoms. The average Bonchev–Trinajstić information content (AvgIpc) is 2.96. The van der Waals surface area contributed by atoms with Gasteiger partial charge in [0, 0.05) is 35.4 Å². The van der Waals surface area contributed by atoms with Gasteiger partial charge in [0.25, 0.3) is 0 Å². The van der Waals surface area contributed by atoms with Crippen LogP contribution in [0.5, 0.6) is 0 Å². The molecule has 1 aliphatic rings. The molecule has 24 heavy (non-hydrogen) atoms. The van der Waals surface area contributed by atoms with Crippen LogP contribution in [0.4, 0.5) is 16.2 Å². The average molecular weight is 389 g/mol. The number of aliphatic carboxylic acids is 1. The number of carboxylic acid groups (broad SMARTS) is 1. The van der Waals surface area contributed by atoms with Gasteiger partial charge in [-0.25, -0.2) is 4.79 Å². The highest BCUT2D eigenvalue weighted by Gasteiger charge is 2.30. The fourth-order valence-electron chi connectivity index (χ4n) is 2.73. The van der Waals surface area contributed by atoms with E-state index in [0.717, 1.165) is 21.4 Å². The van der Waals surface area contributed by atoms with Crippen LogP contribution in [0.1, 0.15) is 12.0 Å². The lowest BCUT2D eigenvalue weighted by molar-refractivity contribution is -0.136. The molecule has 124 valence electrons. The van der Waals surface area contributed by atoms with Gasteiger partial charge in [-0.1, -0.05) is 28.1 Å². The van der Waals surface area contributed by atoms with Gasteiger partial charge in [0.2, 0.25) is 0 Å². The van der Waals surface area contributed by atoms with Gasteiger partial charge in [-0.05, 0) is 48.4 Å². The number of benzene rings is 2. The molecule has 0 atom stereocenters. The number of hydrogen-bond acceptors (Lipinski definition) is 2. The molecule has 1 saturated heterocycles. The minimum absolute atomic E-state index is 0.0457. The van der Waals surface area contributed by atoms with Gasteiger partial charge < -0.3 is 5.11 Å². The van der Waals surface area contributed by atoms with E-state index in [0.29, 0.717) is 19.5 Å². The molecule has 1 aliphatic heterocycles. The Morgan fingerprint density at radius 1 is 0.958 bits per heavy atom. The molecule has 1 heterocycles. The summed E-state index contributed by atoms with van der Waals surface area (Å²) in [6.07, 6.45) is 0.605. The quantitative estimate of drug-likeness (QED) is 0.844. The van der Waals surface area contributed by atoms with Gasteiger partial charge in [0.15, 0.2) is 0 Å². The van der Waals surface area contributed by atoms with Crippen molar-refractivity contribution >= 4 is 39.3 Å². The molecular weight excluding hydrogens is 372 g/mol. The summed E-state index contributed by atoms with van der Waals surface area (Å²) >= 11 is 3.40. The Morgan fingerprint density at radius 2 is 1.46 bits per heavy atom. The zero-order valence-corrected chi connectivity index (χ0v) is 14.6. The lowest BCUT2D eigenvalue weighted by Crippen LogP contribution is -2.31. The fourth-order valence-corrected chi connectivity index (χ4v) is 3.00. The Bertz CT molecular complexity index is 744. The van der Waals surface area contributed by atoms with Crippen LogP contribution in [0.2, 0.25) is 0 Å². The van der Waals surface area contributed by atoms with Crippen molar-refractivity contribution < 1.29 is 14.7 Å². The van der Waals surface area contributed by atoms with Crippen molar-refractivity contribution in [2.75, 3.05) is 22.9 Å². The first-order valence-electron chi connectivity index (χ1n) is 7.70. The Morgan fingerprint density at radius 3 is 1.96 bits per heavy atom. The number of urea groups is 1. The summed E-state index contributed by atoms with van der Waals surface area (Å²) in [6, 6.07) is 15.1. The highest BCUT2D eigenvalue weighted by atomic mass is 79.9. The predicted molar refractivity (Wildman–Crippen MR) is 96.6 cm³/mol. The highest BCUT2D eigenvalue weighted by Crippen LogP contribution is 2.26. The number of hydrogen-bond donors (Lipinski definition) is 1. The normalized spacial score (nSPS) is 14.3. The molecule has 3 rings (SSSR count). The number of anilines is 2. The van der Waals surface area contributed by atoms with E-state index in [9.17, 15) is 9.59 Å². The van der Waals surface area contributed by atoms with Crippen LogP contribution in [0.15, 0.2) is 53.0 Å². The minimum atomic E-state index is -0.807. The number of carbonyl (C=O) groups is 2. The van der Waals surface area contributed by atoms with E-state index in [-0.39, 0.29) is 12.5 Å². The number of nitrogens with zero attached hydrogens (tertiary/aromatic N) is 2. The van der Waals surface area contributed by atoms with E-state index in [4.69, 9.17) is 5.11 Å². The summed E-state index contributed by atoms with van der Waals surface area (Å²) in [6.45, 7) is 1.27. The van der Waals surface area contributed by atoms with Crippen molar-refractivity contribution in [2.45, 2.75) is 12.8 Å². The molecule has 6 heteroatoms. The molecule has 0 aromatic heterocycles. The van der Waals surface area contributed by atoms with E-state index >= 15 is 0 Å². The summed E-state index contributed by atoms with van der Waals surface area (Å²) in [4.78, 5) is 26.8. The molecular formula is C18H17BrN2O3. The monoisotopic (exact) mass is 388 g/mol. The van der Waals surface area contributed by atoms with Crippen LogP contribution in [0.25, 0.3) is 0 Å². The van der Waals surface area contributed by atoms with Crippen LogP contribution >= 0.6 is 15.9 Å². The van der Waals surface area contributed by atoms with Gasteiger partial charge in [0.1, 0.15) is 0 Å². The summed E-state index contributed by atoms with van der Waals surface area (Å²) < 4.78 is 0.978. The van der Waals surface area contributed by atoms with Crippen LogP contribution in [0, 0.1) is 0 Å². The summed E-state index contributed by atoms with van der Waals surface area (Å²) in [5.41, 5.74) is 2.67. The molecule has 5 nitrogen and oxygen atoms in total. The number of carbonyl (C=O) groups excluding carboxylic acids is 1. The number of rotatable bonds is 5. The standard InChI is InChI=1S/C18H17BrN2O3/c19-14-4-8-16(9-5-14)21-12-11-20(18(21)24)15-6-1-13(2-7-15)3-10-17(22)23/h1-2,4-9H,3,10-12H2,(H,22,23). The third-order valence-corrected chi connectivity index (χ3v) is 4.55. The summed E-state index contributed by atoms with van der Waals surface area (Å²) in [5, 5.41) is 8.73. The number of aryl methyl sites for hydroxylation is 1. The molecule has 0 radical (unpaired) electrons. The first-order valence-corrected chi connectivity index (χ1v) is 8.49. The number of amides is 2. The highest BCUT2D eigenvalue weighted by molar-refractivity contribution is 9.10. The van der Waals surface area contributed by atoms with Crippen LogP contribution in [-0.4, -0.2) is 30.2 Å². The van der Waals surface area contributed by atoms with Gasteiger partial charge >= 0.3 is 12.0 Å². The van der Waals surface area contributed by atoms with E-state index < -0.39 is 5.97 Å². The van der Waals surface area contributed by atoms with Crippen molar-refractivity contribution in [2.24, 2.45) is 0 Å². The van der Waals surface area contributed by atoms with Crippen LogP contribution < -0.4 is 9.80 Å². The smallest absolute Gasteiger partial charge is 0.329 e. The molecule has 0 unspecified atom stereocenters. The zero-order chi connectivity index (χ0) is 17.1. The molecule has 2 aromatic rings. The predicted octanol–water partition coefficient (Wildman–Crippen LogP) is 3.91. The van der Waals surface area contributed by atoms with E-state index in [1.165, 1.54) is 0 Å². The molecule has 2 aromatic carbocycles. The molecule has 0 aliphatic carbocycles. The van der Waals surface area contributed by atoms with Crippen molar-refractivity contribution in [1.29, 1.82) is 0 Å². The zero-order valence-electron chi connectivity index (χ0n) is 13.0. The van der Waals surface area contributed by atoms with Crippen molar-refractivity contribution in [3.63, 3.8) is 0 Å². The van der Waals surface area contributed by atoms with Gasteiger partial charge in [-0.15, -0.1) is 0 Å². The van der Waals surface area contributed by atoms with Crippen molar-refractivity contribution in [3.05, 3.63) is 58.6 Å². The Balaban J connectivity index is 1.70. The number of halogens is 1. The second-order valence-corrected chi connectivity index (χ2v) is 6.54. The third kappa shape index (κ3) is 3.59. The van der Waals surface area contributed by atoms with E-state index in [1.54, 1.807) is 9.80 Å². The van der Waals surface area contributed by atoms with Gasteiger partial charge in [-0.2, -0.15) is 0 Å². The van der Waals surface area contributed by atoms with Crippen molar-refractivity contribution in [1.82, 2.24) is 0 Å². The maximum absolute atomic E-state index is 12.7. The second kappa shape index (κ2) is 7.05. The van der Waals surface area contributed by atoms with Crippen molar-refractivity contribution in [3.8, 4) is 0 Å². The first kappa shape index (κ1) is 16.5. The Kier molecular flexibility index (Phi) is 4.85. The molecule has 1 N–H and O–H groups in total. The molecule has 0 bridgehead atoms. The van der Waals surface area contributed by atoms with Crippen LogP contribution in [0.3, 0.4) is 0 Å². The topological polar surface area (TPSA) is 60.9 Å². The Hall–Kier alpha value is -2.34. The lowest BCUT2D eigenvalue weighted by atomic mass is 10.1. The molecule has 1 fully saturated rings. The third-order valence-electron chi connectivity index (χ3n) is 4.02. The number of carboxylic acids is 1. The lowest BCUT2D eigenvalue weighted by Gasteiger charge is -2.19. The SMILES string of the molecule is O=C(O)CCc1ccc(N2CCN(c3ccc(Br)cc3)C2=O)cc1. The largest absolute Gasteiger partial charge is 0.481 e. The maximum atomic E-state index is 12.7. The summed E-state index contributed by atoms with van der Waals surface area (Å²) in [5.74, 6) is -0.807. The molecule has 2 amide bonds. The minimum Gasteiger partial charge on any atom is -0.481 e. The van der Waals surface area contributed by atoms with Gasteiger partial charge in [-0.3, -0.25) is 14.6 Å². The fraction of sp³-hybridized carbons (Fsp3) is 0.222. The van der Waals surface area contributed by atoms with E-state index in [1.807, 2.05) is 48.5 Å². The van der Waals surface area contributed by atoms with Gasteiger partial charge in [0.05, 0.1) is 0 Å².